The fraction of sp³-hybridized carbons (Fsp3) is 0.625. The van der Waals surface area contributed by atoms with Crippen molar-refractivity contribution in [3.8, 4) is 0 Å². The number of thiophene rings is 1. The van der Waals surface area contributed by atoms with Gasteiger partial charge in [-0.15, -0.1) is 11.3 Å². The van der Waals surface area contributed by atoms with Gasteiger partial charge < -0.3 is 16.0 Å². The van der Waals surface area contributed by atoms with Crippen molar-refractivity contribution >= 4 is 23.2 Å². The van der Waals surface area contributed by atoms with Crippen LogP contribution in [0.25, 0.3) is 0 Å². The molecule has 1 saturated heterocycles. The van der Waals surface area contributed by atoms with E-state index in [1.807, 2.05) is 37.8 Å². The topological polar surface area (TPSA) is 75.4 Å². The van der Waals surface area contributed by atoms with Crippen LogP contribution >= 0.6 is 11.3 Å². The average Bonchev–Trinajstić information content (AvgIpc) is 2.93. The summed E-state index contributed by atoms with van der Waals surface area (Å²) in [6, 6.07) is 3.51. The summed E-state index contributed by atoms with van der Waals surface area (Å²) in [5.74, 6) is 0.155. The summed E-state index contributed by atoms with van der Waals surface area (Å²) >= 11 is 1.50. The molecular formula is C16H25N3O2S. The number of nitrogens with zero attached hydrogens (tertiary/aromatic N) is 1. The lowest BCUT2D eigenvalue weighted by Crippen LogP contribution is -2.52. The lowest BCUT2D eigenvalue weighted by Gasteiger charge is -2.34. The zero-order valence-corrected chi connectivity index (χ0v) is 14.3. The number of amides is 2. The molecule has 22 heavy (non-hydrogen) atoms. The van der Waals surface area contributed by atoms with Crippen molar-refractivity contribution in [3.05, 3.63) is 21.9 Å². The zero-order chi connectivity index (χ0) is 16.3. The Morgan fingerprint density at radius 2 is 1.95 bits per heavy atom. The molecule has 122 valence electrons. The number of carbonyl (C=O) groups excluding carboxylic acids is 2. The summed E-state index contributed by atoms with van der Waals surface area (Å²) < 4.78 is 0. The van der Waals surface area contributed by atoms with Crippen LogP contribution in [0.1, 0.15) is 41.2 Å². The number of carbonyl (C=O) groups is 2. The smallest absolute Gasteiger partial charge is 0.261 e. The van der Waals surface area contributed by atoms with Crippen LogP contribution in [0.2, 0.25) is 0 Å². The number of hydrogen-bond donors (Lipinski definition) is 2. The molecule has 0 bridgehead atoms. The number of hydrogen-bond acceptors (Lipinski definition) is 4. The van der Waals surface area contributed by atoms with Crippen molar-refractivity contribution < 1.29 is 9.59 Å². The summed E-state index contributed by atoms with van der Waals surface area (Å²) in [4.78, 5) is 28.0. The van der Waals surface area contributed by atoms with Gasteiger partial charge in [0.15, 0.2) is 0 Å². The minimum atomic E-state index is -0.430. The van der Waals surface area contributed by atoms with Gasteiger partial charge in [-0.3, -0.25) is 9.59 Å². The molecule has 1 aromatic heterocycles. The van der Waals surface area contributed by atoms with Crippen LogP contribution in [0.15, 0.2) is 12.1 Å². The Morgan fingerprint density at radius 1 is 1.32 bits per heavy atom. The zero-order valence-electron chi connectivity index (χ0n) is 13.5. The first-order chi connectivity index (χ1) is 10.4. The van der Waals surface area contributed by atoms with E-state index in [0.29, 0.717) is 13.1 Å². The minimum absolute atomic E-state index is 0.0123. The Morgan fingerprint density at radius 3 is 2.45 bits per heavy atom. The summed E-state index contributed by atoms with van der Waals surface area (Å²) in [6.07, 6.45) is 1.57. The molecule has 1 atom stereocenters. The minimum Gasteiger partial charge on any atom is -0.348 e. The molecule has 1 aromatic rings. The molecular weight excluding hydrogens is 298 g/mol. The molecule has 5 nitrogen and oxygen atoms in total. The third-order valence-electron chi connectivity index (χ3n) is 4.11. The van der Waals surface area contributed by atoms with E-state index in [9.17, 15) is 9.59 Å². The quantitative estimate of drug-likeness (QED) is 0.886. The van der Waals surface area contributed by atoms with Crippen LogP contribution < -0.4 is 11.1 Å². The van der Waals surface area contributed by atoms with Crippen LogP contribution in [-0.4, -0.2) is 41.9 Å². The predicted octanol–water partition coefficient (Wildman–Crippen LogP) is 1.76. The Bertz CT molecular complexity index is 533. The van der Waals surface area contributed by atoms with Gasteiger partial charge in [0.2, 0.25) is 5.91 Å². The predicted molar refractivity (Wildman–Crippen MR) is 88.9 cm³/mol. The number of aryl methyl sites for hydroxylation is 1. The van der Waals surface area contributed by atoms with Crippen molar-refractivity contribution in [2.45, 2.75) is 45.7 Å². The number of likely N-dealkylation sites (tertiary alicyclic amines) is 1. The standard InChI is InChI=1S/C16H25N3O2S/c1-10(2)14(17)16(21)19-8-6-12(7-9-19)18-15(20)13-5-4-11(3)22-13/h4-5,10,12,14H,6-9,17H2,1-3H3,(H,18,20)/t14-/m0/s1. The second-order valence-electron chi connectivity index (χ2n) is 6.25. The van der Waals surface area contributed by atoms with Crippen molar-refractivity contribution in [3.63, 3.8) is 0 Å². The fourth-order valence-electron chi connectivity index (χ4n) is 2.55. The maximum Gasteiger partial charge on any atom is 0.261 e. The van der Waals surface area contributed by atoms with Gasteiger partial charge in [-0.05, 0) is 37.8 Å². The van der Waals surface area contributed by atoms with Crippen LogP contribution in [0.3, 0.4) is 0 Å². The second kappa shape index (κ2) is 7.24. The average molecular weight is 323 g/mol. The lowest BCUT2D eigenvalue weighted by molar-refractivity contribution is -0.134. The highest BCUT2D eigenvalue weighted by molar-refractivity contribution is 7.13. The van der Waals surface area contributed by atoms with Gasteiger partial charge in [-0.2, -0.15) is 0 Å². The normalized spacial score (nSPS) is 17.6. The molecule has 1 aliphatic rings. The van der Waals surface area contributed by atoms with E-state index < -0.39 is 6.04 Å². The van der Waals surface area contributed by atoms with E-state index in [0.717, 1.165) is 22.6 Å². The summed E-state index contributed by atoms with van der Waals surface area (Å²) in [5.41, 5.74) is 5.92. The van der Waals surface area contributed by atoms with Crippen LogP contribution in [0, 0.1) is 12.8 Å². The fourth-order valence-corrected chi connectivity index (χ4v) is 3.32. The van der Waals surface area contributed by atoms with E-state index in [-0.39, 0.29) is 23.8 Å². The Hall–Kier alpha value is -1.40. The monoisotopic (exact) mass is 323 g/mol. The number of nitrogens with two attached hydrogens (primary N) is 1. The molecule has 0 saturated carbocycles. The molecule has 3 N–H and O–H groups in total. The second-order valence-corrected chi connectivity index (χ2v) is 7.54. The van der Waals surface area contributed by atoms with Gasteiger partial charge in [-0.1, -0.05) is 13.8 Å². The van der Waals surface area contributed by atoms with Crippen molar-refractivity contribution in [1.82, 2.24) is 10.2 Å². The molecule has 0 aromatic carbocycles. The van der Waals surface area contributed by atoms with Gasteiger partial charge in [0, 0.05) is 24.0 Å². The highest BCUT2D eigenvalue weighted by atomic mass is 32.1. The number of piperidine rings is 1. The number of rotatable bonds is 4. The van der Waals surface area contributed by atoms with E-state index in [4.69, 9.17) is 5.73 Å². The first kappa shape index (κ1) is 17.0. The Kier molecular flexibility index (Phi) is 5.58. The van der Waals surface area contributed by atoms with Crippen LogP contribution in [0.4, 0.5) is 0 Å². The van der Waals surface area contributed by atoms with Gasteiger partial charge >= 0.3 is 0 Å². The molecule has 1 fully saturated rings. The maximum atomic E-state index is 12.2. The van der Waals surface area contributed by atoms with Crippen LogP contribution in [0.5, 0.6) is 0 Å². The molecule has 0 unspecified atom stereocenters. The van der Waals surface area contributed by atoms with Gasteiger partial charge in [-0.25, -0.2) is 0 Å². The van der Waals surface area contributed by atoms with E-state index in [2.05, 4.69) is 5.32 Å². The van der Waals surface area contributed by atoms with Crippen LogP contribution in [-0.2, 0) is 4.79 Å². The Balaban J connectivity index is 1.82. The molecule has 1 aliphatic heterocycles. The first-order valence-corrected chi connectivity index (χ1v) is 8.61. The van der Waals surface area contributed by atoms with Gasteiger partial charge in [0.25, 0.3) is 5.91 Å². The molecule has 0 spiro atoms. The summed E-state index contributed by atoms with van der Waals surface area (Å²) in [5, 5.41) is 3.06. The summed E-state index contributed by atoms with van der Waals surface area (Å²) in [6.45, 7) is 7.22. The third-order valence-corrected chi connectivity index (χ3v) is 5.11. The molecule has 2 amide bonds. The summed E-state index contributed by atoms with van der Waals surface area (Å²) in [7, 11) is 0. The van der Waals surface area contributed by atoms with Crippen molar-refractivity contribution in [2.24, 2.45) is 11.7 Å². The van der Waals surface area contributed by atoms with E-state index in [1.54, 1.807) is 0 Å². The largest absolute Gasteiger partial charge is 0.348 e. The molecule has 0 radical (unpaired) electrons. The Labute approximate surface area is 135 Å². The van der Waals surface area contributed by atoms with Crippen molar-refractivity contribution in [1.29, 1.82) is 0 Å². The SMILES string of the molecule is Cc1ccc(C(=O)NC2CCN(C(=O)[C@@H](N)C(C)C)CC2)s1. The lowest BCUT2D eigenvalue weighted by atomic mass is 10.0. The molecule has 0 aliphatic carbocycles. The molecule has 6 heteroatoms. The molecule has 2 heterocycles. The van der Waals surface area contributed by atoms with E-state index in [1.165, 1.54) is 11.3 Å². The highest BCUT2D eigenvalue weighted by Crippen LogP contribution is 2.17. The van der Waals surface area contributed by atoms with Gasteiger partial charge in [0.1, 0.15) is 0 Å². The van der Waals surface area contributed by atoms with Crippen molar-refractivity contribution in [2.75, 3.05) is 13.1 Å². The first-order valence-electron chi connectivity index (χ1n) is 7.80. The highest BCUT2D eigenvalue weighted by Gasteiger charge is 2.28. The third kappa shape index (κ3) is 4.08. The maximum absolute atomic E-state index is 12.2. The molecule has 2 rings (SSSR count). The van der Waals surface area contributed by atoms with Gasteiger partial charge in [0.05, 0.1) is 10.9 Å². The van der Waals surface area contributed by atoms with E-state index >= 15 is 0 Å². The number of nitrogens with one attached hydrogen (secondary N) is 1.